The summed E-state index contributed by atoms with van der Waals surface area (Å²) in [5.41, 5.74) is 0.732. The summed E-state index contributed by atoms with van der Waals surface area (Å²) in [6.07, 6.45) is 7.67. The van der Waals surface area contributed by atoms with Crippen LogP contribution in [0, 0.1) is 0 Å². The molecule has 26 heavy (non-hydrogen) atoms. The molecule has 4 nitrogen and oxygen atoms in total. The van der Waals surface area contributed by atoms with Gasteiger partial charge in [0.2, 0.25) is 0 Å². The van der Waals surface area contributed by atoms with E-state index in [1.165, 1.54) is 6.08 Å². The molecule has 1 rings (SSSR count). The summed E-state index contributed by atoms with van der Waals surface area (Å²) in [4.78, 5) is 11.9. The molecule has 0 saturated carbocycles. The van der Waals surface area contributed by atoms with Gasteiger partial charge in [0.25, 0.3) is 0 Å². The fourth-order valence-corrected chi connectivity index (χ4v) is 2.13. The van der Waals surface area contributed by atoms with Crippen LogP contribution in [0.4, 0.5) is 0 Å². The van der Waals surface area contributed by atoms with E-state index < -0.39 is 0 Å². The Hall–Kier alpha value is -1.52. The molecule has 0 atom stereocenters. The van der Waals surface area contributed by atoms with Gasteiger partial charge in [0, 0.05) is 11.6 Å². The first-order valence-electron chi connectivity index (χ1n) is 9.29. The number of unbranched alkanes of at least 4 members (excludes halogenated alkanes) is 2. The highest BCUT2D eigenvalue weighted by Crippen LogP contribution is 2.14. The molecule has 0 saturated heterocycles. The van der Waals surface area contributed by atoms with Crippen molar-refractivity contribution in [2.75, 3.05) is 19.8 Å². The van der Waals surface area contributed by atoms with Gasteiger partial charge in [-0.05, 0) is 57.0 Å². The molecule has 0 bridgehead atoms. The van der Waals surface area contributed by atoms with Gasteiger partial charge in [0.15, 0.2) is 0 Å². The second-order valence-electron chi connectivity index (χ2n) is 6.88. The van der Waals surface area contributed by atoms with E-state index in [0.717, 1.165) is 50.1 Å². The van der Waals surface area contributed by atoms with Gasteiger partial charge < -0.3 is 14.8 Å². The molecule has 0 aliphatic carbocycles. The predicted molar refractivity (Wildman–Crippen MR) is 111 cm³/mol. The highest BCUT2D eigenvalue weighted by molar-refractivity contribution is 5.87. The van der Waals surface area contributed by atoms with Crippen LogP contribution in [0.5, 0.6) is 5.75 Å². The molecule has 5 heteroatoms. The minimum atomic E-state index is -0.325. The maximum Gasteiger partial charge on any atom is 0.330 e. The third-order valence-corrected chi connectivity index (χ3v) is 3.77. The van der Waals surface area contributed by atoms with Crippen LogP contribution in [0.3, 0.4) is 0 Å². The van der Waals surface area contributed by atoms with Gasteiger partial charge in [0.1, 0.15) is 12.4 Å². The first-order chi connectivity index (χ1) is 12.0. The van der Waals surface area contributed by atoms with Gasteiger partial charge in [-0.25, -0.2) is 4.79 Å². The lowest BCUT2D eigenvalue weighted by Crippen LogP contribution is -2.44. The standard InChI is InChI=1S/C21H33NO3.ClH/c1-5-7-15-22-21(3,4)17-25-20(23)14-11-18-9-12-19(13-10-18)24-16-8-6-2;/h9-14,22H,5-8,15-17H2,1-4H3;1H/b14-11+;. The monoisotopic (exact) mass is 383 g/mol. The molecule has 1 aromatic carbocycles. The van der Waals surface area contributed by atoms with E-state index in [-0.39, 0.29) is 23.9 Å². The lowest BCUT2D eigenvalue weighted by atomic mass is 10.1. The first-order valence-corrected chi connectivity index (χ1v) is 9.29. The topological polar surface area (TPSA) is 47.6 Å². The van der Waals surface area contributed by atoms with Crippen LogP contribution in [0.15, 0.2) is 30.3 Å². The van der Waals surface area contributed by atoms with Crippen LogP contribution < -0.4 is 10.1 Å². The lowest BCUT2D eigenvalue weighted by molar-refractivity contribution is -0.139. The molecule has 1 aromatic rings. The van der Waals surface area contributed by atoms with Crippen molar-refractivity contribution in [1.29, 1.82) is 0 Å². The Labute approximate surface area is 164 Å². The summed E-state index contributed by atoms with van der Waals surface area (Å²) in [6.45, 7) is 10.4. The second-order valence-corrected chi connectivity index (χ2v) is 6.88. The van der Waals surface area contributed by atoms with Gasteiger partial charge in [-0.15, -0.1) is 12.4 Å². The summed E-state index contributed by atoms with van der Waals surface area (Å²) in [5, 5.41) is 3.40. The molecule has 0 spiro atoms. The van der Waals surface area contributed by atoms with Crippen LogP contribution in [-0.2, 0) is 9.53 Å². The second kappa shape index (κ2) is 13.7. The number of rotatable bonds is 12. The van der Waals surface area contributed by atoms with E-state index in [1.807, 2.05) is 38.1 Å². The minimum Gasteiger partial charge on any atom is -0.494 e. The number of ether oxygens (including phenoxy) is 2. The zero-order valence-electron chi connectivity index (χ0n) is 16.5. The molecule has 0 amide bonds. The van der Waals surface area contributed by atoms with E-state index in [0.29, 0.717) is 6.61 Å². The molecule has 0 fully saturated rings. The third kappa shape index (κ3) is 11.2. The Morgan fingerprint density at radius 1 is 1.12 bits per heavy atom. The van der Waals surface area contributed by atoms with Crippen molar-refractivity contribution >= 4 is 24.5 Å². The molecular weight excluding hydrogens is 350 g/mol. The number of esters is 1. The summed E-state index contributed by atoms with van der Waals surface area (Å²) in [6, 6.07) is 7.70. The predicted octanol–water partition coefficient (Wildman–Crippen LogP) is 5.01. The summed E-state index contributed by atoms with van der Waals surface area (Å²) >= 11 is 0. The highest BCUT2D eigenvalue weighted by Gasteiger charge is 2.18. The molecule has 0 radical (unpaired) electrons. The normalized spacial score (nSPS) is 11.2. The average Bonchev–Trinajstić information content (AvgIpc) is 2.60. The van der Waals surface area contributed by atoms with Gasteiger partial charge in [-0.2, -0.15) is 0 Å². The zero-order valence-corrected chi connectivity index (χ0v) is 17.4. The number of hydrogen-bond donors (Lipinski definition) is 1. The number of carbonyl (C=O) groups is 1. The van der Waals surface area contributed by atoms with Crippen LogP contribution in [0.2, 0.25) is 0 Å². The first kappa shape index (κ1) is 24.5. The van der Waals surface area contributed by atoms with Crippen molar-refractivity contribution in [2.45, 2.75) is 58.9 Å². The number of benzene rings is 1. The third-order valence-electron chi connectivity index (χ3n) is 3.77. The smallest absolute Gasteiger partial charge is 0.330 e. The molecule has 0 aliphatic heterocycles. The minimum absolute atomic E-state index is 0. The van der Waals surface area contributed by atoms with Crippen molar-refractivity contribution in [3.05, 3.63) is 35.9 Å². The fraction of sp³-hybridized carbons (Fsp3) is 0.571. The van der Waals surface area contributed by atoms with Crippen molar-refractivity contribution in [1.82, 2.24) is 5.32 Å². The van der Waals surface area contributed by atoms with Crippen LogP contribution in [0.1, 0.15) is 58.9 Å². The lowest BCUT2D eigenvalue weighted by Gasteiger charge is -2.25. The van der Waals surface area contributed by atoms with Gasteiger partial charge in [-0.3, -0.25) is 0 Å². The van der Waals surface area contributed by atoms with Crippen LogP contribution in [-0.4, -0.2) is 31.3 Å². The Morgan fingerprint density at radius 2 is 1.77 bits per heavy atom. The molecule has 0 heterocycles. The molecule has 1 N–H and O–H groups in total. The van der Waals surface area contributed by atoms with Crippen molar-refractivity contribution in [2.24, 2.45) is 0 Å². The fourth-order valence-electron chi connectivity index (χ4n) is 2.13. The van der Waals surface area contributed by atoms with E-state index >= 15 is 0 Å². The maximum atomic E-state index is 11.9. The van der Waals surface area contributed by atoms with Gasteiger partial charge in [0.05, 0.1) is 6.61 Å². The van der Waals surface area contributed by atoms with E-state index in [4.69, 9.17) is 9.47 Å². The van der Waals surface area contributed by atoms with E-state index in [1.54, 1.807) is 6.08 Å². The molecular formula is C21H34ClNO3. The molecule has 0 aromatic heterocycles. The molecule has 148 valence electrons. The van der Waals surface area contributed by atoms with E-state index in [2.05, 4.69) is 19.2 Å². The van der Waals surface area contributed by atoms with Crippen molar-refractivity contribution in [3.8, 4) is 5.75 Å². The Bertz CT molecular complexity index is 527. The average molecular weight is 384 g/mol. The maximum absolute atomic E-state index is 11.9. The van der Waals surface area contributed by atoms with E-state index in [9.17, 15) is 4.79 Å². The van der Waals surface area contributed by atoms with Crippen molar-refractivity contribution in [3.63, 3.8) is 0 Å². The molecule has 0 aliphatic rings. The Balaban J connectivity index is 0.00000625. The SMILES string of the molecule is CCCCNC(C)(C)COC(=O)/C=C/c1ccc(OCCCC)cc1.Cl. The number of carbonyl (C=O) groups excluding carboxylic acids is 1. The van der Waals surface area contributed by atoms with Gasteiger partial charge in [-0.1, -0.05) is 38.8 Å². The highest BCUT2D eigenvalue weighted by atomic mass is 35.5. The van der Waals surface area contributed by atoms with Crippen LogP contribution >= 0.6 is 12.4 Å². The zero-order chi connectivity index (χ0) is 18.5. The summed E-state index contributed by atoms with van der Waals surface area (Å²) in [5.74, 6) is 0.529. The van der Waals surface area contributed by atoms with Crippen LogP contribution in [0.25, 0.3) is 6.08 Å². The number of hydrogen-bond acceptors (Lipinski definition) is 4. The summed E-state index contributed by atoms with van der Waals surface area (Å²) < 4.78 is 11.0. The Morgan fingerprint density at radius 3 is 2.38 bits per heavy atom. The quantitative estimate of drug-likeness (QED) is 0.313. The number of halogens is 1. The number of nitrogens with one attached hydrogen (secondary N) is 1. The molecule has 0 unspecified atom stereocenters. The van der Waals surface area contributed by atoms with Crippen molar-refractivity contribution < 1.29 is 14.3 Å². The largest absolute Gasteiger partial charge is 0.494 e. The summed E-state index contributed by atoms with van der Waals surface area (Å²) in [7, 11) is 0. The Kier molecular flexibility index (Phi) is 12.9. The van der Waals surface area contributed by atoms with Gasteiger partial charge >= 0.3 is 5.97 Å².